The van der Waals surface area contributed by atoms with Gasteiger partial charge < -0.3 is 4.74 Å². The smallest absolute Gasteiger partial charge is 0.311 e. The number of nitro groups is 1. The SMILES string of the molecule is C=CCOc1cc(Cl)ccc1[N+](=O)[O-]. The normalized spacial score (nSPS) is 9.50. The molecule has 0 atom stereocenters. The Morgan fingerprint density at radius 1 is 1.64 bits per heavy atom. The summed E-state index contributed by atoms with van der Waals surface area (Å²) in [5, 5.41) is 11.0. The topological polar surface area (TPSA) is 52.4 Å². The average molecular weight is 214 g/mol. The lowest BCUT2D eigenvalue weighted by Crippen LogP contribution is -1.97. The van der Waals surface area contributed by atoms with Crippen LogP contribution in [0.2, 0.25) is 5.02 Å². The summed E-state index contributed by atoms with van der Waals surface area (Å²) in [6.07, 6.45) is 1.50. The van der Waals surface area contributed by atoms with E-state index < -0.39 is 4.92 Å². The average Bonchev–Trinajstić information content (AvgIpc) is 2.14. The van der Waals surface area contributed by atoms with E-state index in [2.05, 4.69) is 6.58 Å². The fraction of sp³-hybridized carbons (Fsp3) is 0.111. The number of halogens is 1. The largest absolute Gasteiger partial charge is 0.483 e. The molecule has 0 spiro atoms. The molecule has 0 N–H and O–H groups in total. The predicted molar refractivity (Wildman–Crippen MR) is 53.8 cm³/mol. The van der Waals surface area contributed by atoms with Crippen LogP contribution in [0, 0.1) is 10.1 Å². The predicted octanol–water partition coefficient (Wildman–Crippen LogP) is 2.81. The molecule has 0 aromatic heterocycles. The van der Waals surface area contributed by atoms with Gasteiger partial charge in [0.25, 0.3) is 0 Å². The van der Waals surface area contributed by atoms with Gasteiger partial charge in [-0.3, -0.25) is 10.1 Å². The third-order valence-electron chi connectivity index (χ3n) is 1.48. The van der Waals surface area contributed by atoms with Crippen LogP contribution in [0.15, 0.2) is 30.9 Å². The van der Waals surface area contributed by atoms with Crippen molar-refractivity contribution < 1.29 is 9.66 Å². The summed E-state index contributed by atoms with van der Waals surface area (Å²) in [5.74, 6) is 0.155. The molecule has 74 valence electrons. The Bertz CT molecular complexity index is 365. The number of benzene rings is 1. The van der Waals surface area contributed by atoms with Crippen LogP contribution in [0.3, 0.4) is 0 Å². The van der Waals surface area contributed by atoms with Gasteiger partial charge in [0.1, 0.15) is 6.61 Å². The van der Waals surface area contributed by atoms with Gasteiger partial charge in [-0.2, -0.15) is 0 Å². The first-order valence-electron chi connectivity index (χ1n) is 3.83. The summed E-state index contributed by atoms with van der Waals surface area (Å²) < 4.78 is 5.08. The van der Waals surface area contributed by atoms with Crippen molar-refractivity contribution in [3.63, 3.8) is 0 Å². The van der Waals surface area contributed by atoms with Crippen LogP contribution in [0.4, 0.5) is 5.69 Å². The molecule has 0 unspecified atom stereocenters. The first kappa shape index (κ1) is 10.5. The minimum Gasteiger partial charge on any atom is -0.483 e. The quantitative estimate of drug-likeness (QED) is 0.439. The van der Waals surface area contributed by atoms with E-state index >= 15 is 0 Å². The van der Waals surface area contributed by atoms with E-state index in [1.807, 2.05) is 0 Å². The van der Waals surface area contributed by atoms with E-state index in [1.165, 1.54) is 24.3 Å². The summed E-state index contributed by atoms with van der Waals surface area (Å²) in [6.45, 7) is 3.65. The summed E-state index contributed by atoms with van der Waals surface area (Å²) in [4.78, 5) is 10.0. The zero-order valence-corrected chi connectivity index (χ0v) is 8.03. The number of nitro benzene ring substituents is 1. The lowest BCUT2D eigenvalue weighted by atomic mass is 10.3. The first-order chi connectivity index (χ1) is 6.65. The van der Waals surface area contributed by atoms with E-state index in [0.29, 0.717) is 5.02 Å². The Balaban J connectivity index is 3.02. The van der Waals surface area contributed by atoms with Crippen molar-refractivity contribution in [3.8, 4) is 5.75 Å². The van der Waals surface area contributed by atoms with Crippen LogP contribution in [0.25, 0.3) is 0 Å². The monoisotopic (exact) mass is 213 g/mol. The lowest BCUT2D eigenvalue weighted by Gasteiger charge is -2.03. The molecule has 0 heterocycles. The number of rotatable bonds is 4. The molecule has 1 aromatic rings. The molecule has 1 aromatic carbocycles. The van der Waals surface area contributed by atoms with Crippen molar-refractivity contribution in [1.29, 1.82) is 0 Å². The summed E-state index contributed by atoms with van der Waals surface area (Å²) in [5.41, 5.74) is -0.101. The molecule has 14 heavy (non-hydrogen) atoms. The fourth-order valence-corrected chi connectivity index (χ4v) is 1.07. The molecule has 1 rings (SSSR count). The van der Waals surface area contributed by atoms with E-state index in [9.17, 15) is 10.1 Å². The van der Waals surface area contributed by atoms with Gasteiger partial charge in [-0.25, -0.2) is 0 Å². The molecule has 0 saturated heterocycles. The highest BCUT2D eigenvalue weighted by molar-refractivity contribution is 6.30. The first-order valence-corrected chi connectivity index (χ1v) is 4.20. The van der Waals surface area contributed by atoms with Gasteiger partial charge in [0.2, 0.25) is 0 Å². The van der Waals surface area contributed by atoms with Gasteiger partial charge in [0.15, 0.2) is 5.75 Å². The molecule has 4 nitrogen and oxygen atoms in total. The van der Waals surface area contributed by atoms with Crippen molar-refractivity contribution in [2.24, 2.45) is 0 Å². The second-order valence-electron chi connectivity index (χ2n) is 2.47. The Labute approximate surface area is 85.9 Å². The standard InChI is InChI=1S/C9H8ClNO3/c1-2-5-14-9-6-7(10)3-4-8(9)11(12)13/h2-4,6H,1,5H2. The Morgan fingerprint density at radius 2 is 2.36 bits per heavy atom. The van der Waals surface area contributed by atoms with Gasteiger partial charge >= 0.3 is 5.69 Å². The van der Waals surface area contributed by atoms with Crippen LogP contribution < -0.4 is 4.74 Å². The Morgan fingerprint density at radius 3 is 2.93 bits per heavy atom. The molecule has 0 amide bonds. The maximum Gasteiger partial charge on any atom is 0.311 e. The maximum atomic E-state index is 10.6. The minimum absolute atomic E-state index is 0.101. The van der Waals surface area contributed by atoms with Crippen LogP contribution in [-0.4, -0.2) is 11.5 Å². The fourth-order valence-electron chi connectivity index (χ4n) is 0.903. The van der Waals surface area contributed by atoms with Crippen LogP contribution in [-0.2, 0) is 0 Å². The number of nitrogens with zero attached hydrogens (tertiary/aromatic N) is 1. The highest BCUT2D eigenvalue weighted by Crippen LogP contribution is 2.29. The van der Waals surface area contributed by atoms with Crippen molar-refractivity contribution in [1.82, 2.24) is 0 Å². The lowest BCUT2D eigenvalue weighted by molar-refractivity contribution is -0.385. The minimum atomic E-state index is -0.519. The second-order valence-corrected chi connectivity index (χ2v) is 2.91. The van der Waals surface area contributed by atoms with E-state index in [-0.39, 0.29) is 18.0 Å². The molecule has 5 heteroatoms. The van der Waals surface area contributed by atoms with Gasteiger partial charge in [-0.15, -0.1) is 0 Å². The van der Waals surface area contributed by atoms with Crippen molar-refractivity contribution in [2.75, 3.05) is 6.61 Å². The number of hydrogen-bond donors (Lipinski definition) is 0. The molecular formula is C9H8ClNO3. The highest BCUT2D eigenvalue weighted by atomic mass is 35.5. The van der Waals surface area contributed by atoms with Gasteiger partial charge in [-0.05, 0) is 6.07 Å². The van der Waals surface area contributed by atoms with E-state index in [0.717, 1.165) is 0 Å². The van der Waals surface area contributed by atoms with Crippen LogP contribution in [0.5, 0.6) is 5.75 Å². The van der Waals surface area contributed by atoms with Crippen molar-refractivity contribution >= 4 is 17.3 Å². The third kappa shape index (κ3) is 2.47. The number of ether oxygens (including phenoxy) is 1. The van der Waals surface area contributed by atoms with E-state index in [4.69, 9.17) is 16.3 Å². The molecular weight excluding hydrogens is 206 g/mol. The molecule has 0 aliphatic heterocycles. The maximum absolute atomic E-state index is 10.6. The summed E-state index contributed by atoms with van der Waals surface area (Å²) in [7, 11) is 0. The second kappa shape index (κ2) is 4.62. The van der Waals surface area contributed by atoms with Gasteiger partial charge in [0, 0.05) is 17.2 Å². The molecule has 0 radical (unpaired) electrons. The molecule has 0 saturated carbocycles. The Hall–Kier alpha value is -1.55. The van der Waals surface area contributed by atoms with Crippen molar-refractivity contribution in [2.45, 2.75) is 0 Å². The van der Waals surface area contributed by atoms with Gasteiger partial charge in [0.05, 0.1) is 4.92 Å². The molecule has 0 aliphatic rings. The van der Waals surface area contributed by atoms with Crippen LogP contribution >= 0.6 is 11.6 Å². The highest BCUT2D eigenvalue weighted by Gasteiger charge is 2.14. The zero-order valence-electron chi connectivity index (χ0n) is 7.27. The van der Waals surface area contributed by atoms with E-state index in [1.54, 1.807) is 0 Å². The van der Waals surface area contributed by atoms with Crippen LogP contribution in [0.1, 0.15) is 0 Å². The molecule has 0 fully saturated rings. The number of hydrogen-bond acceptors (Lipinski definition) is 3. The third-order valence-corrected chi connectivity index (χ3v) is 1.71. The summed E-state index contributed by atoms with van der Waals surface area (Å²) >= 11 is 5.67. The molecule has 0 bridgehead atoms. The van der Waals surface area contributed by atoms with Gasteiger partial charge in [-0.1, -0.05) is 24.3 Å². The van der Waals surface area contributed by atoms with Crippen molar-refractivity contribution in [3.05, 3.63) is 46.0 Å². The Kier molecular flexibility index (Phi) is 3.48. The summed E-state index contributed by atoms with van der Waals surface area (Å²) in [6, 6.07) is 4.16. The zero-order chi connectivity index (χ0) is 10.6. The molecule has 0 aliphatic carbocycles.